The number of hydrogen-bond acceptors (Lipinski definition) is 5. The smallest absolute Gasteiger partial charge is 0.152 e. The number of aromatic nitrogens is 4. The number of rotatable bonds is 5. The van der Waals surface area contributed by atoms with E-state index in [4.69, 9.17) is 5.73 Å². The zero-order chi connectivity index (χ0) is 14.5. The zero-order valence-corrected chi connectivity index (χ0v) is 12.2. The molecule has 6 nitrogen and oxygen atoms in total. The Morgan fingerprint density at radius 1 is 1.14 bits per heavy atom. The Morgan fingerprint density at radius 2 is 1.90 bits per heavy atom. The summed E-state index contributed by atoms with van der Waals surface area (Å²) in [6, 6.07) is 11.0. The Morgan fingerprint density at radius 3 is 2.62 bits per heavy atom. The van der Waals surface area contributed by atoms with Gasteiger partial charge in [0.05, 0.1) is 6.04 Å². The molecule has 3 rings (SSSR count). The molecule has 1 aliphatic rings. The standard InChI is InChI=1S/C15H22N6/c16-9-6-15-17-18-19-21(15)14-7-10-20(11-8-14)12-13-4-2-1-3-5-13/h1-5,14H,6-12,16H2. The highest BCUT2D eigenvalue weighted by atomic mass is 15.6. The average molecular weight is 286 g/mol. The van der Waals surface area contributed by atoms with E-state index in [2.05, 4.69) is 50.8 Å². The number of likely N-dealkylation sites (tertiary alicyclic amines) is 1. The monoisotopic (exact) mass is 286 g/mol. The van der Waals surface area contributed by atoms with Crippen molar-refractivity contribution in [3.63, 3.8) is 0 Å². The molecule has 6 heteroatoms. The molecular weight excluding hydrogens is 264 g/mol. The van der Waals surface area contributed by atoms with Crippen LogP contribution in [0.3, 0.4) is 0 Å². The van der Waals surface area contributed by atoms with E-state index in [0.29, 0.717) is 12.6 Å². The Bertz CT molecular complexity index is 544. The van der Waals surface area contributed by atoms with Crippen LogP contribution in [0.15, 0.2) is 30.3 Å². The van der Waals surface area contributed by atoms with Crippen LogP contribution in [0.4, 0.5) is 0 Å². The van der Waals surface area contributed by atoms with Gasteiger partial charge in [0.2, 0.25) is 0 Å². The molecule has 2 heterocycles. The van der Waals surface area contributed by atoms with Crippen LogP contribution in [-0.2, 0) is 13.0 Å². The van der Waals surface area contributed by atoms with Gasteiger partial charge in [-0.1, -0.05) is 30.3 Å². The lowest BCUT2D eigenvalue weighted by Crippen LogP contribution is -2.35. The van der Waals surface area contributed by atoms with Gasteiger partial charge in [0.25, 0.3) is 0 Å². The molecule has 0 spiro atoms. The zero-order valence-electron chi connectivity index (χ0n) is 12.2. The molecule has 1 aliphatic heterocycles. The number of benzene rings is 1. The summed E-state index contributed by atoms with van der Waals surface area (Å²) in [6.45, 7) is 3.79. The molecule has 0 unspecified atom stereocenters. The van der Waals surface area contributed by atoms with Gasteiger partial charge in [0.1, 0.15) is 0 Å². The summed E-state index contributed by atoms with van der Waals surface area (Å²) in [5.74, 6) is 0.916. The van der Waals surface area contributed by atoms with Crippen molar-refractivity contribution in [1.82, 2.24) is 25.1 Å². The van der Waals surface area contributed by atoms with Gasteiger partial charge in [-0.25, -0.2) is 4.68 Å². The molecule has 21 heavy (non-hydrogen) atoms. The number of piperidine rings is 1. The minimum absolute atomic E-state index is 0.411. The third-order valence-electron chi connectivity index (χ3n) is 4.08. The van der Waals surface area contributed by atoms with Gasteiger partial charge in [-0.05, 0) is 35.4 Å². The number of hydrogen-bond donors (Lipinski definition) is 1. The van der Waals surface area contributed by atoms with Gasteiger partial charge in [0.15, 0.2) is 5.82 Å². The summed E-state index contributed by atoms with van der Waals surface area (Å²) in [5, 5.41) is 12.0. The van der Waals surface area contributed by atoms with Crippen molar-refractivity contribution in [2.45, 2.75) is 31.8 Å². The lowest BCUT2D eigenvalue weighted by molar-refractivity contribution is 0.170. The quantitative estimate of drug-likeness (QED) is 0.888. The molecule has 112 valence electrons. The first-order valence-electron chi connectivity index (χ1n) is 7.60. The number of tetrazole rings is 1. The number of nitrogens with zero attached hydrogens (tertiary/aromatic N) is 5. The Hall–Kier alpha value is -1.79. The van der Waals surface area contributed by atoms with E-state index in [1.165, 1.54) is 5.56 Å². The molecule has 0 amide bonds. The second-order valence-electron chi connectivity index (χ2n) is 5.57. The molecule has 2 aromatic rings. The molecule has 1 saturated heterocycles. The molecular formula is C15H22N6. The number of nitrogens with two attached hydrogens (primary N) is 1. The van der Waals surface area contributed by atoms with Crippen molar-refractivity contribution in [2.24, 2.45) is 5.73 Å². The summed E-state index contributed by atoms with van der Waals surface area (Å²) >= 11 is 0. The van der Waals surface area contributed by atoms with Gasteiger partial charge >= 0.3 is 0 Å². The third kappa shape index (κ3) is 3.46. The highest BCUT2D eigenvalue weighted by Crippen LogP contribution is 2.23. The fraction of sp³-hybridized carbons (Fsp3) is 0.533. The van der Waals surface area contributed by atoms with Crippen molar-refractivity contribution in [2.75, 3.05) is 19.6 Å². The molecule has 1 aromatic carbocycles. The van der Waals surface area contributed by atoms with Gasteiger partial charge in [-0.3, -0.25) is 4.90 Å². The van der Waals surface area contributed by atoms with Crippen molar-refractivity contribution < 1.29 is 0 Å². The average Bonchev–Trinajstić information content (AvgIpc) is 2.98. The lowest BCUT2D eigenvalue weighted by Gasteiger charge is -2.32. The predicted molar refractivity (Wildman–Crippen MR) is 80.6 cm³/mol. The van der Waals surface area contributed by atoms with Crippen LogP contribution in [0.25, 0.3) is 0 Å². The highest BCUT2D eigenvalue weighted by Gasteiger charge is 2.23. The maximum absolute atomic E-state index is 5.61. The van der Waals surface area contributed by atoms with E-state index >= 15 is 0 Å². The lowest BCUT2D eigenvalue weighted by atomic mass is 10.0. The second kappa shape index (κ2) is 6.78. The van der Waals surface area contributed by atoms with Crippen molar-refractivity contribution in [1.29, 1.82) is 0 Å². The minimum atomic E-state index is 0.411. The second-order valence-corrected chi connectivity index (χ2v) is 5.57. The van der Waals surface area contributed by atoms with Crippen molar-refractivity contribution in [3.8, 4) is 0 Å². The Kier molecular flexibility index (Phi) is 4.57. The summed E-state index contributed by atoms with van der Waals surface area (Å²) in [7, 11) is 0. The third-order valence-corrected chi connectivity index (χ3v) is 4.08. The normalized spacial score (nSPS) is 17.2. The van der Waals surface area contributed by atoms with Crippen LogP contribution in [-0.4, -0.2) is 44.7 Å². The molecule has 1 aromatic heterocycles. The molecule has 0 aliphatic carbocycles. The molecule has 0 bridgehead atoms. The van der Waals surface area contributed by atoms with Gasteiger partial charge < -0.3 is 5.73 Å². The molecule has 2 N–H and O–H groups in total. The van der Waals surface area contributed by atoms with E-state index in [0.717, 1.165) is 44.7 Å². The Labute approximate surface area is 124 Å². The van der Waals surface area contributed by atoms with Gasteiger partial charge in [0, 0.05) is 26.1 Å². The Balaban J connectivity index is 1.56. The fourth-order valence-corrected chi connectivity index (χ4v) is 2.95. The molecule has 0 saturated carbocycles. The van der Waals surface area contributed by atoms with E-state index in [9.17, 15) is 0 Å². The van der Waals surface area contributed by atoms with E-state index < -0.39 is 0 Å². The molecule has 1 fully saturated rings. The first-order chi connectivity index (χ1) is 10.4. The first kappa shape index (κ1) is 14.2. The maximum Gasteiger partial charge on any atom is 0.152 e. The minimum Gasteiger partial charge on any atom is -0.330 e. The summed E-state index contributed by atoms with van der Waals surface area (Å²) in [5.41, 5.74) is 6.99. The molecule has 0 radical (unpaired) electrons. The van der Waals surface area contributed by atoms with Crippen molar-refractivity contribution in [3.05, 3.63) is 41.7 Å². The summed E-state index contributed by atoms with van der Waals surface area (Å²) in [6.07, 6.45) is 2.93. The SMILES string of the molecule is NCCc1nnnn1C1CCN(Cc2ccccc2)CC1. The van der Waals surface area contributed by atoms with Crippen LogP contribution in [0, 0.1) is 0 Å². The van der Waals surface area contributed by atoms with E-state index in [1.54, 1.807) is 0 Å². The van der Waals surface area contributed by atoms with Crippen LogP contribution in [0.1, 0.15) is 30.3 Å². The summed E-state index contributed by atoms with van der Waals surface area (Å²) < 4.78 is 1.98. The van der Waals surface area contributed by atoms with Crippen LogP contribution < -0.4 is 5.73 Å². The van der Waals surface area contributed by atoms with E-state index in [1.807, 2.05) is 4.68 Å². The maximum atomic E-state index is 5.61. The topological polar surface area (TPSA) is 72.9 Å². The van der Waals surface area contributed by atoms with E-state index in [-0.39, 0.29) is 0 Å². The van der Waals surface area contributed by atoms with Crippen LogP contribution in [0.2, 0.25) is 0 Å². The predicted octanol–water partition coefficient (Wildman–Crippen LogP) is 1.01. The highest BCUT2D eigenvalue weighted by molar-refractivity contribution is 5.14. The van der Waals surface area contributed by atoms with Crippen molar-refractivity contribution >= 4 is 0 Å². The summed E-state index contributed by atoms with van der Waals surface area (Å²) in [4.78, 5) is 2.50. The van der Waals surface area contributed by atoms with Crippen LogP contribution in [0.5, 0.6) is 0 Å². The van der Waals surface area contributed by atoms with Gasteiger partial charge in [-0.15, -0.1) is 5.10 Å². The largest absolute Gasteiger partial charge is 0.330 e. The molecule has 0 atom stereocenters. The first-order valence-corrected chi connectivity index (χ1v) is 7.60. The van der Waals surface area contributed by atoms with Crippen LogP contribution >= 0.6 is 0 Å². The van der Waals surface area contributed by atoms with Gasteiger partial charge in [-0.2, -0.15) is 0 Å². The fourth-order valence-electron chi connectivity index (χ4n) is 2.95.